The average molecular weight is 269 g/mol. The van der Waals surface area contributed by atoms with Crippen molar-refractivity contribution in [3.05, 3.63) is 34.6 Å². The number of hydrogen-bond donors (Lipinski definition) is 1. The summed E-state index contributed by atoms with van der Waals surface area (Å²) in [6.07, 6.45) is 3.69. The summed E-state index contributed by atoms with van der Waals surface area (Å²) < 4.78 is 13.3. The van der Waals surface area contributed by atoms with Gasteiger partial charge < -0.3 is 5.73 Å². The molecule has 98 valence electrons. The molecule has 2 aliphatic rings. The molecule has 2 nitrogen and oxygen atoms in total. The summed E-state index contributed by atoms with van der Waals surface area (Å²) in [7, 11) is 0. The first-order chi connectivity index (χ1) is 8.70. The molecular weight excluding hydrogens is 251 g/mol. The number of nitrogens with two attached hydrogens (primary N) is 1. The molecule has 1 aromatic rings. The smallest absolute Gasteiger partial charge is 0.141 e. The quantitative estimate of drug-likeness (QED) is 0.913. The highest BCUT2D eigenvalue weighted by Crippen LogP contribution is 2.44. The standard InChI is InChI=1S/C14H18ClFN2/c15-12-7-9(1-4-13(12)16)14-10(8-17)5-6-18(14)11-2-3-11/h1,4,7,10-11,14H,2-3,5-6,8,17H2. The van der Waals surface area contributed by atoms with Crippen molar-refractivity contribution in [3.8, 4) is 0 Å². The monoisotopic (exact) mass is 268 g/mol. The van der Waals surface area contributed by atoms with E-state index in [-0.39, 0.29) is 10.8 Å². The molecule has 2 atom stereocenters. The Morgan fingerprint density at radius 3 is 2.72 bits per heavy atom. The molecule has 3 rings (SSSR count). The van der Waals surface area contributed by atoms with Crippen LogP contribution >= 0.6 is 11.6 Å². The van der Waals surface area contributed by atoms with Crippen molar-refractivity contribution in [2.24, 2.45) is 11.7 Å². The van der Waals surface area contributed by atoms with Gasteiger partial charge in [-0.3, -0.25) is 4.90 Å². The van der Waals surface area contributed by atoms with E-state index in [1.54, 1.807) is 6.07 Å². The normalized spacial score (nSPS) is 28.8. The van der Waals surface area contributed by atoms with Crippen LogP contribution in [0.25, 0.3) is 0 Å². The zero-order chi connectivity index (χ0) is 12.7. The number of halogens is 2. The average Bonchev–Trinajstić information content (AvgIpc) is 3.12. The molecule has 1 heterocycles. The highest BCUT2D eigenvalue weighted by atomic mass is 35.5. The fourth-order valence-corrected chi connectivity index (χ4v) is 3.29. The summed E-state index contributed by atoms with van der Waals surface area (Å²) in [6.45, 7) is 1.79. The molecule has 2 unspecified atom stereocenters. The van der Waals surface area contributed by atoms with E-state index >= 15 is 0 Å². The van der Waals surface area contributed by atoms with E-state index in [1.165, 1.54) is 18.9 Å². The molecule has 18 heavy (non-hydrogen) atoms. The van der Waals surface area contributed by atoms with Crippen LogP contribution in [0.15, 0.2) is 18.2 Å². The largest absolute Gasteiger partial charge is 0.330 e. The number of likely N-dealkylation sites (tertiary alicyclic amines) is 1. The van der Waals surface area contributed by atoms with E-state index in [0.29, 0.717) is 24.5 Å². The summed E-state index contributed by atoms with van der Waals surface area (Å²) in [5, 5.41) is 0.214. The maximum atomic E-state index is 13.3. The van der Waals surface area contributed by atoms with Gasteiger partial charge in [0, 0.05) is 12.1 Å². The van der Waals surface area contributed by atoms with Gasteiger partial charge in [0.25, 0.3) is 0 Å². The van der Waals surface area contributed by atoms with E-state index in [1.807, 2.05) is 6.07 Å². The molecule has 1 saturated heterocycles. The van der Waals surface area contributed by atoms with Gasteiger partial charge in [-0.1, -0.05) is 17.7 Å². The molecule has 1 saturated carbocycles. The lowest BCUT2D eigenvalue weighted by Gasteiger charge is -2.28. The minimum Gasteiger partial charge on any atom is -0.330 e. The zero-order valence-electron chi connectivity index (χ0n) is 10.3. The van der Waals surface area contributed by atoms with Crippen LogP contribution in [0.3, 0.4) is 0 Å². The van der Waals surface area contributed by atoms with Crippen molar-refractivity contribution in [1.29, 1.82) is 0 Å². The number of rotatable bonds is 3. The Balaban J connectivity index is 1.92. The van der Waals surface area contributed by atoms with Crippen LogP contribution < -0.4 is 5.73 Å². The van der Waals surface area contributed by atoms with Gasteiger partial charge in [-0.2, -0.15) is 0 Å². The highest BCUT2D eigenvalue weighted by Gasteiger charge is 2.42. The first-order valence-corrected chi connectivity index (χ1v) is 6.99. The molecule has 1 aliphatic carbocycles. The fourth-order valence-electron chi connectivity index (χ4n) is 3.11. The summed E-state index contributed by atoms with van der Waals surface area (Å²) in [5.74, 6) is 0.118. The highest BCUT2D eigenvalue weighted by molar-refractivity contribution is 6.30. The van der Waals surface area contributed by atoms with E-state index < -0.39 is 0 Å². The van der Waals surface area contributed by atoms with E-state index in [2.05, 4.69) is 4.90 Å². The van der Waals surface area contributed by atoms with Gasteiger partial charge in [0.15, 0.2) is 0 Å². The van der Waals surface area contributed by atoms with E-state index in [4.69, 9.17) is 17.3 Å². The number of benzene rings is 1. The van der Waals surface area contributed by atoms with Crippen LogP contribution in [0.4, 0.5) is 4.39 Å². The van der Waals surface area contributed by atoms with Crippen molar-refractivity contribution in [3.63, 3.8) is 0 Å². The van der Waals surface area contributed by atoms with Gasteiger partial charge >= 0.3 is 0 Å². The van der Waals surface area contributed by atoms with Crippen LogP contribution in [-0.4, -0.2) is 24.0 Å². The van der Waals surface area contributed by atoms with Gasteiger partial charge in [0.05, 0.1) is 5.02 Å². The van der Waals surface area contributed by atoms with Crippen molar-refractivity contribution in [2.45, 2.75) is 31.3 Å². The molecule has 2 fully saturated rings. The predicted molar refractivity (Wildman–Crippen MR) is 71.0 cm³/mol. The molecule has 0 bridgehead atoms. The first-order valence-electron chi connectivity index (χ1n) is 6.61. The van der Waals surface area contributed by atoms with Crippen molar-refractivity contribution >= 4 is 11.6 Å². The van der Waals surface area contributed by atoms with Gasteiger partial charge in [-0.05, 0) is 56.0 Å². The van der Waals surface area contributed by atoms with Crippen molar-refractivity contribution in [2.75, 3.05) is 13.1 Å². The molecule has 4 heteroatoms. The van der Waals surface area contributed by atoms with Crippen LogP contribution in [0.2, 0.25) is 5.02 Å². The zero-order valence-corrected chi connectivity index (χ0v) is 11.0. The minimum atomic E-state index is -0.347. The topological polar surface area (TPSA) is 29.3 Å². The Bertz CT molecular complexity index is 447. The molecule has 1 aromatic carbocycles. The first kappa shape index (κ1) is 12.4. The number of nitrogens with zero attached hydrogens (tertiary/aromatic N) is 1. The van der Waals surface area contributed by atoms with Crippen molar-refractivity contribution < 1.29 is 4.39 Å². The van der Waals surface area contributed by atoms with E-state index in [9.17, 15) is 4.39 Å². The van der Waals surface area contributed by atoms with Crippen molar-refractivity contribution in [1.82, 2.24) is 4.90 Å². The third-order valence-corrected chi connectivity index (χ3v) is 4.46. The van der Waals surface area contributed by atoms with Gasteiger partial charge in [0.2, 0.25) is 0 Å². The Kier molecular flexibility index (Phi) is 3.31. The summed E-state index contributed by atoms with van der Waals surface area (Å²) in [5.41, 5.74) is 6.99. The second-order valence-electron chi connectivity index (χ2n) is 5.37. The Morgan fingerprint density at radius 1 is 1.33 bits per heavy atom. The predicted octanol–water partition coefficient (Wildman–Crippen LogP) is 2.96. The van der Waals surface area contributed by atoms with E-state index in [0.717, 1.165) is 18.5 Å². The molecule has 0 amide bonds. The summed E-state index contributed by atoms with van der Waals surface area (Å²) in [6, 6.07) is 6.12. The minimum absolute atomic E-state index is 0.214. The third kappa shape index (κ3) is 2.15. The summed E-state index contributed by atoms with van der Waals surface area (Å²) >= 11 is 5.90. The lowest BCUT2D eigenvalue weighted by molar-refractivity contribution is 0.220. The van der Waals surface area contributed by atoms with Crippen LogP contribution in [0.5, 0.6) is 0 Å². The summed E-state index contributed by atoms with van der Waals surface area (Å²) in [4.78, 5) is 2.53. The molecular formula is C14H18ClFN2. The van der Waals surface area contributed by atoms with Gasteiger partial charge in [0.1, 0.15) is 5.82 Å². The third-order valence-electron chi connectivity index (χ3n) is 4.17. The molecule has 2 N–H and O–H groups in total. The molecule has 1 aliphatic heterocycles. The Hall–Kier alpha value is -0.640. The number of hydrogen-bond acceptors (Lipinski definition) is 2. The molecule has 0 radical (unpaired) electrons. The molecule has 0 spiro atoms. The van der Waals surface area contributed by atoms with Gasteiger partial charge in [-0.15, -0.1) is 0 Å². The van der Waals surface area contributed by atoms with Crippen LogP contribution in [0, 0.1) is 11.7 Å². The SMILES string of the molecule is NCC1CCN(C2CC2)C1c1ccc(F)c(Cl)c1. The van der Waals surface area contributed by atoms with Gasteiger partial charge in [-0.25, -0.2) is 4.39 Å². The van der Waals surface area contributed by atoms with Crippen LogP contribution in [-0.2, 0) is 0 Å². The van der Waals surface area contributed by atoms with Crippen LogP contribution in [0.1, 0.15) is 30.9 Å². The fraction of sp³-hybridized carbons (Fsp3) is 0.571. The maximum absolute atomic E-state index is 13.3. The second-order valence-corrected chi connectivity index (χ2v) is 5.78. The molecule has 0 aromatic heterocycles. The Morgan fingerprint density at radius 2 is 2.11 bits per heavy atom. The lowest BCUT2D eigenvalue weighted by atomic mass is 9.93. The second kappa shape index (κ2) is 4.80. The Labute approximate surface area is 112 Å². The maximum Gasteiger partial charge on any atom is 0.141 e. The lowest BCUT2D eigenvalue weighted by Crippen LogP contribution is -2.29.